The molecule has 0 unspecified atom stereocenters. The summed E-state index contributed by atoms with van der Waals surface area (Å²) in [6.07, 6.45) is 0. The van der Waals surface area contributed by atoms with Crippen LogP contribution in [0.1, 0.15) is 17.5 Å². The van der Waals surface area contributed by atoms with E-state index < -0.39 is 5.97 Å². The molecule has 19 heavy (non-hydrogen) atoms. The van der Waals surface area contributed by atoms with E-state index in [1.165, 1.54) is 4.68 Å². The average Bonchev–Trinajstić information content (AvgIpc) is 2.75. The molecule has 0 aliphatic rings. The van der Waals surface area contributed by atoms with E-state index in [-0.39, 0.29) is 12.4 Å². The van der Waals surface area contributed by atoms with Crippen LogP contribution in [0.15, 0.2) is 22.7 Å². The van der Waals surface area contributed by atoms with Crippen molar-refractivity contribution in [2.24, 2.45) is 7.05 Å². The van der Waals surface area contributed by atoms with Crippen molar-refractivity contribution >= 4 is 33.5 Å². The van der Waals surface area contributed by atoms with E-state index in [9.17, 15) is 4.79 Å². The summed E-state index contributed by atoms with van der Waals surface area (Å²) in [6, 6.07) is 5.48. The molecule has 0 aliphatic heterocycles. The van der Waals surface area contributed by atoms with Crippen molar-refractivity contribution in [3.05, 3.63) is 33.5 Å². The number of carbonyl (C=O) groups is 1. The Bertz CT molecular complexity index is 627. The van der Waals surface area contributed by atoms with Crippen molar-refractivity contribution in [3.8, 4) is 11.4 Å². The molecule has 2 rings (SSSR count). The minimum Gasteiger partial charge on any atom is -0.460 e. The number of hydrogen-bond acceptors (Lipinski definition) is 4. The van der Waals surface area contributed by atoms with Crippen LogP contribution < -0.4 is 0 Å². The number of esters is 1. The van der Waals surface area contributed by atoms with Crippen molar-refractivity contribution in [2.45, 2.75) is 6.92 Å². The van der Waals surface area contributed by atoms with Gasteiger partial charge >= 0.3 is 5.97 Å². The lowest BCUT2D eigenvalue weighted by Gasteiger charge is -2.04. The molecule has 0 atom stereocenters. The lowest BCUT2D eigenvalue weighted by molar-refractivity contribution is 0.0512. The molecule has 0 fully saturated rings. The maximum Gasteiger partial charge on any atom is 0.378 e. The Morgan fingerprint density at radius 2 is 2.26 bits per heavy atom. The van der Waals surface area contributed by atoms with Crippen LogP contribution in [-0.4, -0.2) is 27.3 Å². The molecule has 0 saturated heterocycles. The normalized spacial score (nSPS) is 10.5. The van der Waals surface area contributed by atoms with Crippen LogP contribution in [0.25, 0.3) is 11.4 Å². The van der Waals surface area contributed by atoms with Crippen molar-refractivity contribution in [3.63, 3.8) is 0 Å². The summed E-state index contributed by atoms with van der Waals surface area (Å²) in [6.45, 7) is 2.01. The summed E-state index contributed by atoms with van der Waals surface area (Å²) >= 11 is 9.55. The topological polar surface area (TPSA) is 57.0 Å². The van der Waals surface area contributed by atoms with Gasteiger partial charge in [0.25, 0.3) is 5.82 Å². The molecule has 100 valence electrons. The zero-order valence-corrected chi connectivity index (χ0v) is 12.7. The van der Waals surface area contributed by atoms with E-state index in [4.69, 9.17) is 16.3 Å². The number of benzene rings is 1. The number of hydrogen-bond donors (Lipinski definition) is 0. The molecule has 0 radical (unpaired) electrons. The predicted octanol–water partition coefficient (Wildman–Crippen LogP) is 3.07. The van der Waals surface area contributed by atoms with Crippen molar-refractivity contribution in [1.82, 2.24) is 14.8 Å². The molecule has 1 aromatic heterocycles. The predicted molar refractivity (Wildman–Crippen MR) is 75.1 cm³/mol. The maximum absolute atomic E-state index is 11.6. The molecule has 0 amide bonds. The molecule has 7 heteroatoms. The molecule has 0 bridgehead atoms. The number of nitrogens with zero attached hydrogens (tertiary/aromatic N) is 3. The van der Waals surface area contributed by atoms with Crippen LogP contribution in [-0.2, 0) is 11.8 Å². The molecule has 0 saturated carbocycles. The smallest absolute Gasteiger partial charge is 0.378 e. The molecule has 1 aromatic carbocycles. The number of aryl methyl sites for hydroxylation is 1. The lowest BCUT2D eigenvalue weighted by atomic mass is 10.2. The average molecular weight is 345 g/mol. The highest BCUT2D eigenvalue weighted by atomic mass is 79.9. The van der Waals surface area contributed by atoms with E-state index in [0.29, 0.717) is 16.4 Å². The van der Waals surface area contributed by atoms with Gasteiger partial charge in [0.15, 0.2) is 5.82 Å². The van der Waals surface area contributed by atoms with Crippen LogP contribution in [0.5, 0.6) is 0 Å². The van der Waals surface area contributed by atoms with Crippen LogP contribution in [0.2, 0.25) is 5.02 Å². The Labute approximate surface area is 123 Å². The van der Waals surface area contributed by atoms with Gasteiger partial charge in [0.05, 0.1) is 11.6 Å². The number of halogens is 2. The van der Waals surface area contributed by atoms with Gasteiger partial charge in [-0.3, -0.25) is 0 Å². The fourth-order valence-corrected chi connectivity index (χ4v) is 2.15. The van der Waals surface area contributed by atoms with E-state index in [0.717, 1.165) is 4.47 Å². The summed E-state index contributed by atoms with van der Waals surface area (Å²) in [7, 11) is 1.70. The first-order valence-corrected chi connectivity index (χ1v) is 6.74. The minimum absolute atomic E-state index is 0.0235. The monoisotopic (exact) mass is 343 g/mol. The van der Waals surface area contributed by atoms with Gasteiger partial charge in [-0.15, -0.1) is 5.10 Å². The Hall–Kier alpha value is -1.40. The van der Waals surface area contributed by atoms with E-state index in [1.54, 1.807) is 14.0 Å². The van der Waals surface area contributed by atoms with E-state index >= 15 is 0 Å². The minimum atomic E-state index is -0.546. The molecule has 0 spiro atoms. The van der Waals surface area contributed by atoms with Crippen LogP contribution >= 0.6 is 27.5 Å². The summed E-state index contributed by atoms with van der Waals surface area (Å²) < 4.78 is 7.12. The summed E-state index contributed by atoms with van der Waals surface area (Å²) in [5.74, 6) is -0.0137. The Kier molecular flexibility index (Phi) is 4.21. The number of aromatic nitrogens is 3. The van der Waals surface area contributed by atoms with Gasteiger partial charge in [-0.1, -0.05) is 17.7 Å². The number of ether oxygens (including phenoxy) is 1. The third kappa shape index (κ3) is 2.79. The fourth-order valence-electron chi connectivity index (χ4n) is 1.58. The molecular weight excluding hydrogens is 334 g/mol. The van der Waals surface area contributed by atoms with E-state index in [1.807, 2.05) is 18.2 Å². The Morgan fingerprint density at radius 1 is 1.53 bits per heavy atom. The SMILES string of the molecule is CCOC(=O)c1nc(-c2cccc(Br)c2Cl)n(C)n1. The van der Waals surface area contributed by atoms with Crippen LogP contribution in [0.4, 0.5) is 0 Å². The molecule has 0 N–H and O–H groups in total. The largest absolute Gasteiger partial charge is 0.460 e. The Balaban J connectivity index is 2.46. The van der Waals surface area contributed by atoms with Gasteiger partial charge in [0, 0.05) is 17.1 Å². The maximum atomic E-state index is 11.6. The van der Waals surface area contributed by atoms with Crippen LogP contribution in [0, 0.1) is 0 Å². The summed E-state index contributed by atoms with van der Waals surface area (Å²) in [5.41, 5.74) is 0.696. The summed E-state index contributed by atoms with van der Waals surface area (Å²) in [5, 5.41) is 4.56. The molecular formula is C12H11BrClN3O2. The number of carbonyl (C=O) groups excluding carboxylic acids is 1. The summed E-state index contributed by atoms with van der Waals surface area (Å²) in [4.78, 5) is 15.8. The van der Waals surface area contributed by atoms with Gasteiger partial charge < -0.3 is 4.74 Å². The van der Waals surface area contributed by atoms with Gasteiger partial charge in [-0.2, -0.15) is 0 Å². The second-order valence-electron chi connectivity index (χ2n) is 3.70. The molecule has 0 aliphatic carbocycles. The second kappa shape index (κ2) is 5.71. The van der Waals surface area contributed by atoms with Crippen molar-refractivity contribution in [2.75, 3.05) is 6.61 Å². The van der Waals surface area contributed by atoms with Crippen LogP contribution in [0.3, 0.4) is 0 Å². The van der Waals surface area contributed by atoms with Gasteiger partial charge in [-0.25, -0.2) is 14.5 Å². The van der Waals surface area contributed by atoms with Gasteiger partial charge in [0.1, 0.15) is 0 Å². The zero-order valence-electron chi connectivity index (χ0n) is 10.4. The first-order valence-electron chi connectivity index (χ1n) is 5.57. The van der Waals surface area contributed by atoms with Crippen molar-refractivity contribution < 1.29 is 9.53 Å². The Morgan fingerprint density at radius 3 is 2.95 bits per heavy atom. The second-order valence-corrected chi connectivity index (χ2v) is 4.94. The quantitative estimate of drug-likeness (QED) is 0.803. The highest BCUT2D eigenvalue weighted by molar-refractivity contribution is 9.10. The molecule has 1 heterocycles. The zero-order chi connectivity index (χ0) is 14.0. The molecule has 2 aromatic rings. The molecule has 5 nitrogen and oxygen atoms in total. The highest BCUT2D eigenvalue weighted by Gasteiger charge is 2.18. The van der Waals surface area contributed by atoms with Gasteiger partial charge in [0.2, 0.25) is 0 Å². The van der Waals surface area contributed by atoms with E-state index in [2.05, 4.69) is 26.0 Å². The first-order chi connectivity index (χ1) is 9.04. The van der Waals surface area contributed by atoms with Gasteiger partial charge in [-0.05, 0) is 35.0 Å². The third-order valence-electron chi connectivity index (χ3n) is 2.41. The standard InChI is InChI=1S/C12H11BrClN3O2/c1-3-19-12(18)10-15-11(17(2)16-10)7-5-4-6-8(13)9(7)14/h4-6H,3H2,1-2H3. The number of rotatable bonds is 3. The highest BCUT2D eigenvalue weighted by Crippen LogP contribution is 2.32. The lowest BCUT2D eigenvalue weighted by Crippen LogP contribution is -2.07. The third-order valence-corrected chi connectivity index (χ3v) is 3.71. The van der Waals surface area contributed by atoms with Crippen molar-refractivity contribution in [1.29, 1.82) is 0 Å². The first kappa shape index (κ1) is 14.0. The fraction of sp³-hybridized carbons (Fsp3) is 0.250.